The Labute approximate surface area is 123 Å². The van der Waals surface area contributed by atoms with Crippen LogP contribution in [-0.4, -0.2) is 7.11 Å². The van der Waals surface area contributed by atoms with Gasteiger partial charge in [-0.1, -0.05) is 22.4 Å². The third-order valence-electron chi connectivity index (χ3n) is 5.03. The van der Waals surface area contributed by atoms with E-state index < -0.39 is 0 Å². The van der Waals surface area contributed by atoms with E-state index in [1.165, 1.54) is 25.7 Å². The van der Waals surface area contributed by atoms with Crippen LogP contribution in [0.2, 0.25) is 0 Å². The van der Waals surface area contributed by atoms with Crippen molar-refractivity contribution in [3.8, 4) is 5.75 Å². The minimum Gasteiger partial charge on any atom is -0.496 e. The number of nitrogens with two attached hydrogens (primary N) is 1. The van der Waals surface area contributed by atoms with Crippen LogP contribution in [0.15, 0.2) is 22.7 Å². The molecule has 0 amide bonds. The Balaban J connectivity index is 1.73. The van der Waals surface area contributed by atoms with E-state index in [1.807, 2.05) is 12.1 Å². The molecule has 2 aliphatic rings. The van der Waals surface area contributed by atoms with Crippen LogP contribution in [-0.2, 0) is 0 Å². The summed E-state index contributed by atoms with van der Waals surface area (Å²) in [6, 6.07) is 6.21. The lowest BCUT2D eigenvalue weighted by atomic mass is 9.83. The third kappa shape index (κ3) is 2.68. The van der Waals surface area contributed by atoms with E-state index in [-0.39, 0.29) is 6.04 Å². The molecule has 2 N–H and O–H groups in total. The van der Waals surface area contributed by atoms with Gasteiger partial charge in [-0.15, -0.1) is 0 Å². The molecule has 1 aromatic rings. The van der Waals surface area contributed by atoms with Crippen LogP contribution in [0.25, 0.3) is 0 Å². The Kier molecular flexibility index (Phi) is 3.86. The topological polar surface area (TPSA) is 35.2 Å². The lowest BCUT2D eigenvalue weighted by molar-refractivity contribution is 0.293. The number of benzene rings is 1. The highest BCUT2D eigenvalue weighted by molar-refractivity contribution is 9.10. The summed E-state index contributed by atoms with van der Waals surface area (Å²) >= 11 is 3.53. The highest BCUT2D eigenvalue weighted by Crippen LogP contribution is 2.51. The summed E-state index contributed by atoms with van der Waals surface area (Å²) in [5.74, 6) is 3.68. The Bertz CT molecular complexity index is 462. The molecule has 3 rings (SSSR count). The maximum absolute atomic E-state index is 6.45. The first-order chi connectivity index (χ1) is 9.17. The quantitative estimate of drug-likeness (QED) is 0.897. The molecule has 0 saturated heterocycles. The van der Waals surface area contributed by atoms with Gasteiger partial charge in [0.15, 0.2) is 0 Å². The van der Waals surface area contributed by atoms with Gasteiger partial charge < -0.3 is 10.5 Å². The van der Waals surface area contributed by atoms with Crippen molar-refractivity contribution in [2.45, 2.75) is 38.1 Å². The van der Waals surface area contributed by atoms with E-state index in [0.717, 1.165) is 40.0 Å². The number of halogens is 1. The summed E-state index contributed by atoms with van der Waals surface area (Å²) in [6.07, 6.45) is 6.84. The fraction of sp³-hybridized carbons (Fsp3) is 0.625. The molecule has 0 aliphatic heterocycles. The van der Waals surface area contributed by atoms with Crippen molar-refractivity contribution < 1.29 is 4.74 Å². The zero-order valence-electron chi connectivity index (χ0n) is 11.4. The monoisotopic (exact) mass is 323 g/mol. The number of hydrogen-bond donors (Lipinski definition) is 1. The zero-order chi connectivity index (χ0) is 13.4. The average molecular weight is 324 g/mol. The van der Waals surface area contributed by atoms with Gasteiger partial charge in [-0.2, -0.15) is 0 Å². The van der Waals surface area contributed by atoms with Gasteiger partial charge in [0, 0.05) is 16.1 Å². The summed E-state index contributed by atoms with van der Waals surface area (Å²) in [5, 5.41) is 0. The Hall–Kier alpha value is -0.540. The summed E-state index contributed by atoms with van der Waals surface area (Å²) < 4.78 is 6.52. The van der Waals surface area contributed by atoms with Crippen LogP contribution in [0.1, 0.15) is 43.7 Å². The van der Waals surface area contributed by atoms with Crippen molar-refractivity contribution >= 4 is 15.9 Å². The highest BCUT2D eigenvalue weighted by atomic mass is 79.9. The summed E-state index contributed by atoms with van der Waals surface area (Å²) in [7, 11) is 1.72. The SMILES string of the molecule is COc1ccc(Br)cc1C(N)CC1CC2CCC1C2. The number of ether oxygens (including phenoxy) is 1. The fourth-order valence-corrected chi connectivity index (χ4v) is 4.49. The maximum Gasteiger partial charge on any atom is 0.123 e. The van der Waals surface area contributed by atoms with Crippen molar-refractivity contribution in [3.05, 3.63) is 28.2 Å². The smallest absolute Gasteiger partial charge is 0.123 e. The molecule has 19 heavy (non-hydrogen) atoms. The normalized spacial score (nSPS) is 30.6. The molecule has 2 aliphatic carbocycles. The first kappa shape index (κ1) is 13.4. The largest absolute Gasteiger partial charge is 0.496 e. The van der Waals surface area contributed by atoms with Gasteiger partial charge in [0.2, 0.25) is 0 Å². The van der Waals surface area contributed by atoms with Gasteiger partial charge in [0.1, 0.15) is 5.75 Å². The summed E-state index contributed by atoms with van der Waals surface area (Å²) in [6.45, 7) is 0. The molecule has 0 aromatic heterocycles. The molecule has 2 saturated carbocycles. The van der Waals surface area contributed by atoms with Gasteiger partial charge in [-0.25, -0.2) is 0 Å². The maximum atomic E-state index is 6.45. The Morgan fingerprint density at radius 2 is 2.21 bits per heavy atom. The number of rotatable bonds is 4. The van der Waals surface area contributed by atoms with Gasteiger partial charge in [-0.3, -0.25) is 0 Å². The van der Waals surface area contributed by atoms with Crippen molar-refractivity contribution in [1.82, 2.24) is 0 Å². The van der Waals surface area contributed by atoms with Crippen molar-refractivity contribution in [3.63, 3.8) is 0 Å². The van der Waals surface area contributed by atoms with E-state index >= 15 is 0 Å². The molecule has 4 atom stereocenters. The standard InChI is InChI=1S/C16H22BrNO/c1-19-16-5-4-13(17)9-14(16)15(18)8-12-7-10-2-3-11(12)6-10/h4-5,9-12,15H,2-3,6-8,18H2,1H3. The molecule has 2 bridgehead atoms. The molecule has 0 spiro atoms. The molecule has 0 heterocycles. The average Bonchev–Trinajstić information content (AvgIpc) is 3.01. The lowest BCUT2D eigenvalue weighted by Gasteiger charge is -2.25. The molecular weight excluding hydrogens is 302 g/mol. The molecule has 2 fully saturated rings. The van der Waals surface area contributed by atoms with Crippen LogP contribution >= 0.6 is 15.9 Å². The van der Waals surface area contributed by atoms with Gasteiger partial charge in [0.05, 0.1) is 7.11 Å². The van der Waals surface area contributed by atoms with Crippen molar-refractivity contribution in [1.29, 1.82) is 0 Å². The summed E-state index contributed by atoms with van der Waals surface area (Å²) in [4.78, 5) is 0. The van der Waals surface area contributed by atoms with Gasteiger partial charge in [-0.05, 0) is 61.6 Å². The number of fused-ring (bicyclic) bond motifs is 2. The van der Waals surface area contributed by atoms with E-state index in [2.05, 4.69) is 22.0 Å². The van der Waals surface area contributed by atoms with Gasteiger partial charge in [0.25, 0.3) is 0 Å². The van der Waals surface area contributed by atoms with E-state index in [0.29, 0.717) is 0 Å². The molecule has 104 valence electrons. The summed E-state index contributed by atoms with van der Waals surface area (Å²) in [5.41, 5.74) is 7.59. The molecule has 1 aromatic carbocycles. The van der Waals surface area contributed by atoms with Crippen LogP contribution in [0, 0.1) is 17.8 Å². The zero-order valence-corrected chi connectivity index (χ0v) is 13.0. The van der Waals surface area contributed by atoms with Crippen LogP contribution in [0.5, 0.6) is 5.75 Å². The Morgan fingerprint density at radius 1 is 1.37 bits per heavy atom. The van der Waals surface area contributed by atoms with Crippen LogP contribution < -0.4 is 10.5 Å². The molecular formula is C16H22BrNO. The fourth-order valence-electron chi connectivity index (χ4n) is 4.11. The van der Waals surface area contributed by atoms with E-state index in [9.17, 15) is 0 Å². The van der Waals surface area contributed by atoms with Crippen molar-refractivity contribution in [2.75, 3.05) is 7.11 Å². The highest BCUT2D eigenvalue weighted by Gasteiger charge is 2.40. The van der Waals surface area contributed by atoms with Gasteiger partial charge >= 0.3 is 0 Å². The van der Waals surface area contributed by atoms with Crippen LogP contribution in [0.4, 0.5) is 0 Å². The minimum absolute atomic E-state index is 0.0943. The third-order valence-corrected chi connectivity index (χ3v) is 5.53. The predicted octanol–water partition coefficient (Wildman–Crippen LogP) is 4.28. The predicted molar refractivity (Wildman–Crippen MR) is 81.2 cm³/mol. The molecule has 2 nitrogen and oxygen atoms in total. The number of methoxy groups -OCH3 is 1. The second-order valence-electron chi connectivity index (χ2n) is 6.16. The van der Waals surface area contributed by atoms with Crippen LogP contribution in [0.3, 0.4) is 0 Å². The lowest BCUT2D eigenvalue weighted by Crippen LogP contribution is -2.20. The second-order valence-corrected chi connectivity index (χ2v) is 7.08. The van der Waals surface area contributed by atoms with Crippen molar-refractivity contribution in [2.24, 2.45) is 23.5 Å². The number of hydrogen-bond acceptors (Lipinski definition) is 2. The molecule has 0 radical (unpaired) electrons. The molecule has 4 unspecified atom stereocenters. The van der Waals surface area contributed by atoms with E-state index in [1.54, 1.807) is 7.11 Å². The minimum atomic E-state index is 0.0943. The Morgan fingerprint density at radius 3 is 2.84 bits per heavy atom. The van der Waals surface area contributed by atoms with E-state index in [4.69, 9.17) is 10.5 Å². The second kappa shape index (κ2) is 5.45. The first-order valence-corrected chi connectivity index (χ1v) is 8.05. The molecule has 3 heteroatoms. The first-order valence-electron chi connectivity index (χ1n) is 7.26.